The molecule has 104 valence electrons. The van der Waals surface area contributed by atoms with E-state index >= 15 is 0 Å². The number of nitrogens with zero attached hydrogens (tertiary/aromatic N) is 1. The first-order valence-corrected chi connectivity index (χ1v) is 5.69. The molecule has 0 spiro atoms. The Labute approximate surface area is 109 Å². The Balaban J connectivity index is 2.59. The summed E-state index contributed by atoms with van der Waals surface area (Å²) in [6.45, 7) is 1.44. The summed E-state index contributed by atoms with van der Waals surface area (Å²) in [5.74, 6) is -1.89. The van der Waals surface area contributed by atoms with Crippen LogP contribution in [0.15, 0.2) is 12.3 Å². The topological polar surface area (TPSA) is 109 Å². The lowest BCUT2D eigenvalue weighted by molar-refractivity contribution is -0.146. The average Bonchev–Trinajstić information content (AvgIpc) is 2.71. The number of ketones is 1. The third kappa shape index (κ3) is 3.92. The molecule has 0 radical (unpaired) electrons. The van der Waals surface area contributed by atoms with Gasteiger partial charge in [-0.05, 0) is 13.0 Å². The number of aliphatic hydroxyl groups is 1. The molecule has 7 nitrogen and oxygen atoms in total. The second kappa shape index (κ2) is 6.14. The molecule has 0 fully saturated rings. The molecule has 1 amide bonds. The van der Waals surface area contributed by atoms with Gasteiger partial charge in [0, 0.05) is 31.8 Å². The van der Waals surface area contributed by atoms with E-state index in [1.165, 1.54) is 17.6 Å². The summed E-state index contributed by atoms with van der Waals surface area (Å²) in [7, 11) is 1.63. The molecule has 0 aliphatic rings. The van der Waals surface area contributed by atoms with Gasteiger partial charge in [-0.1, -0.05) is 0 Å². The van der Waals surface area contributed by atoms with E-state index in [0.717, 1.165) is 0 Å². The highest BCUT2D eigenvalue weighted by Crippen LogP contribution is 2.08. The van der Waals surface area contributed by atoms with Crippen molar-refractivity contribution in [1.82, 2.24) is 9.88 Å². The number of nitrogens with one attached hydrogen (secondary N) is 1. The Kier molecular flexibility index (Phi) is 4.82. The quantitative estimate of drug-likeness (QED) is 0.619. The number of carboxylic acids is 1. The van der Waals surface area contributed by atoms with Crippen LogP contribution < -0.4 is 5.32 Å². The molecule has 1 unspecified atom stereocenters. The van der Waals surface area contributed by atoms with E-state index in [1.807, 2.05) is 0 Å². The Bertz CT molecular complexity index is 506. The van der Waals surface area contributed by atoms with Crippen molar-refractivity contribution in [1.29, 1.82) is 0 Å². The first kappa shape index (κ1) is 14.9. The van der Waals surface area contributed by atoms with E-state index in [0.29, 0.717) is 11.3 Å². The van der Waals surface area contributed by atoms with E-state index in [1.54, 1.807) is 13.2 Å². The SMILES string of the molecule is CC(=O)c1cc(C(=O)NCCC(O)C(=O)O)n(C)c1. The number of carboxylic acid groups (broad SMARTS) is 1. The summed E-state index contributed by atoms with van der Waals surface area (Å²) in [6.07, 6.45) is -0.0319. The maximum atomic E-state index is 11.8. The maximum Gasteiger partial charge on any atom is 0.332 e. The van der Waals surface area contributed by atoms with Gasteiger partial charge in [-0.2, -0.15) is 0 Å². The standard InChI is InChI=1S/C12H16N2O5/c1-7(15)8-5-9(14(2)6-8)11(17)13-4-3-10(16)12(18)19/h5-6,10,16H,3-4H2,1-2H3,(H,13,17)(H,18,19). The molecule has 7 heteroatoms. The minimum atomic E-state index is -1.50. The highest BCUT2D eigenvalue weighted by Gasteiger charge is 2.16. The number of carbonyl (C=O) groups excluding carboxylic acids is 2. The minimum Gasteiger partial charge on any atom is -0.479 e. The van der Waals surface area contributed by atoms with Gasteiger partial charge in [-0.15, -0.1) is 0 Å². The average molecular weight is 268 g/mol. The lowest BCUT2D eigenvalue weighted by Gasteiger charge is -2.07. The van der Waals surface area contributed by atoms with Gasteiger partial charge >= 0.3 is 5.97 Å². The van der Waals surface area contributed by atoms with E-state index < -0.39 is 18.0 Å². The van der Waals surface area contributed by atoms with E-state index in [2.05, 4.69) is 5.32 Å². The van der Waals surface area contributed by atoms with Crippen molar-refractivity contribution in [3.8, 4) is 0 Å². The van der Waals surface area contributed by atoms with Crippen LogP contribution in [0.1, 0.15) is 34.2 Å². The summed E-state index contributed by atoms with van der Waals surface area (Å²) in [4.78, 5) is 33.3. The number of hydrogen-bond donors (Lipinski definition) is 3. The molecular weight excluding hydrogens is 252 g/mol. The van der Waals surface area contributed by atoms with Gasteiger partial charge in [0.15, 0.2) is 11.9 Å². The summed E-state index contributed by atoms with van der Waals surface area (Å²) in [6, 6.07) is 1.46. The van der Waals surface area contributed by atoms with Gasteiger partial charge in [0.1, 0.15) is 5.69 Å². The van der Waals surface area contributed by atoms with Crippen LogP contribution in [0.2, 0.25) is 0 Å². The molecule has 19 heavy (non-hydrogen) atoms. The number of aryl methyl sites for hydroxylation is 1. The lowest BCUT2D eigenvalue weighted by atomic mass is 10.2. The first-order chi connectivity index (χ1) is 8.82. The van der Waals surface area contributed by atoms with Gasteiger partial charge < -0.3 is 20.1 Å². The van der Waals surface area contributed by atoms with Gasteiger partial charge in [0.05, 0.1) is 0 Å². The zero-order chi connectivity index (χ0) is 14.6. The third-order valence-corrected chi connectivity index (χ3v) is 2.63. The smallest absolute Gasteiger partial charge is 0.332 e. The van der Waals surface area contributed by atoms with Gasteiger partial charge in [-0.3, -0.25) is 9.59 Å². The first-order valence-electron chi connectivity index (χ1n) is 5.69. The second-order valence-electron chi connectivity index (χ2n) is 4.18. The third-order valence-electron chi connectivity index (χ3n) is 2.63. The van der Waals surface area contributed by atoms with Crippen LogP contribution in [0, 0.1) is 0 Å². The molecule has 0 aromatic carbocycles. The molecule has 0 saturated carbocycles. The molecular formula is C12H16N2O5. The van der Waals surface area contributed by atoms with Crippen molar-refractivity contribution in [3.05, 3.63) is 23.5 Å². The van der Waals surface area contributed by atoms with Gasteiger partial charge in [0.25, 0.3) is 5.91 Å². The number of aliphatic carboxylic acids is 1. The Morgan fingerprint density at radius 2 is 2.05 bits per heavy atom. The van der Waals surface area contributed by atoms with Crippen molar-refractivity contribution in [2.24, 2.45) is 7.05 Å². The number of carbonyl (C=O) groups is 3. The van der Waals surface area contributed by atoms with Crippen molar-refractivity contribution in [3.63, 3.8) is 0 Å². The molecule has 0 bridgehead atoms. The van der Waals surface area contributed by atoms with E-state index in [4.69, 9.17) is 10.2 Å². The van der Waals surface area contributed by atoms with Crippen LogP contribution in [0.4, 0.5) is 0 Å². The normalized spacial score (nSPS) is 11.9. The fraction of sp³-hybridized carbons (Fsp3) is 0.417. The van der Waals surface area contributed by atoms with Crippen molar-refractivity contribution < 1.29 is 24.6 Å². The molecule has 1 atom stereocenters. The highest BCUT2D eigenvalue weighted by atomic mass is 16.4. The van der Waals surface area contributed by atoms with E-state index in [-0.39, 0.29) is 18.7 Å². The summed E-state index contributed by atoms with van der Waals surface area (Å²) < 4.78 is 1.51. The van der Waals surface area contributed by atoms with Crippen LogP contribution in [0.25, 0.3) is 0 Å². The zero-order valence-electron chi connectivity index (χ0n) is 10.7. The largest absolute Gasteiger partial charge is 0.479 e. The fourth-order valence-electron chi connectivity index (χ4n) is 1.52. The Hall–Kier alpha value is -2.15. The molecule has 1 heterocycles. The van der Waals surface area contributed by atoms with Crippen LogP contribution in [0.5, 0.6) is 0 Å². The molecule has 3 N–H and O–H groups in total. The van der Waals surface area contributed by atoms with Crippen molar-refractivity contribution >= 4 is 17.7 Å². The molecule has 0 aliphatic carbocycles. The molecule has 1 aromatic heterocycles. The summed E-state index contributed by atoms with van der Waals surface area (Å²) in [5.41, 5.74) is 0.730. The predicted octanol–water partition coefficient (Wildman–Crippen LogP) is -0.207. The summed E-state index contributed by atoms with van der Waals surface area (Å²) >= 11 is 0. The molecule has 0 aliphatic heterocycles. The Morgan fingerprint density at radius 1 is 1.42 bits per heavy atom. The summed E-state index contributed by atoms with van der Waals surface area (Å²) in [5, 5.41) is 20.0. The van der Waals surface area contributed by atoms with Crippen LogP contribution in [0.3, 0.4) is 0 Å². The molecule has 0 saturated heterocycles. The van der Waals surface area contributed by atoms with Crippen LogP contribution in [-0.2, 0) is 11.8 Å². The lowest BCUT2D eigenvalue weighted by Crippen LogP contribution is -2.30. The van der Waals surface area contributed by atoms with Crippen molar-refractivity contribution in [2.45, 2.75) is 19.4 Å². The number of hydrogen-bond acceptors (Lipinski definition) is 4. The number of rotatable bonds is 6. The predicted molar refractivity (Wildman–Crippen MR) is 66.0 cm³/mol. The zero-order valence-corrected chi connectivity index (χ0v) is 10.7. The highest BCUT2D eigenvalue weighted by molar-refractivity contribution is 5.99. The Morgan fingerprint density at radius 3 is 2.53 bits per heavy atom. The number of Topliss-reactive ketones (excluding diaryl/α,β-unsaturated/α-hetero) is 1. The number of aromatic nitrogens is 1. The van der Waals surface area contributed by atoms with Crippen LogP contribution >= 0.6 is 0 Å². The van der Waals surface area contributed by atoms with Crippen LogP contribution in [-0.4, -0.2) is 45.1 Å². The minimum absolute atomic E-state index is 0.0346. The van der Waals surface area contributed by atoms with Gasteiger partial charge in [0.2, 0.25) is 0 Å². The maximum absolute atomic E-state index is 11.8. The fourth-order valence-corrected chi connectivity index (χ4v) is 1.52. The molecule has 1 rings (SSSR count). The van der Waals surface area contributed by atoms with Crippen molar-refractivity contribution in [2.75, 3.05) is 6.54 Å². The monoisotopic (exact) mass is 268 g/mol. The second-order valence-corrected chi connectivity index (χ2v) is 4.18. The number of amides is 1. The van der Waals surface area contributed by atoms with Gasteiger partial charge in [-0.25, -0.2) is 4.79 Å². The van der Waals surface area contributed by atoms with E-state index in [9.17, 15) is 14.4 Å². The number of aliphatic hydroxyl groups excluding tert-OH is 1. The molecule has 1 aromatic rings.